The van der Waals surface area contributed by atoms with Gasteiger partial charge in [-0.3, -0.25) is 39.6 Å². The maximum Gasteiger partial charge on any atom is 0.411 e. The summed E-state index contributed by atoms with van der Waals surface area (Å²) in [7, 11) is 0. The molecule has 15 nitrogen and oxygen atoms in total. The number of carboxylic acid groups (broad SMARTS) is 2. The number of anilines is 1. The Morgan fingerprint density at radius 3 is 1.56 bits per heavy atom. The number of nitrogens with zero attached hydrogens (tertiary/aromatic N) is 3. The molecule has 8 N–H and O–H groups in total. The minimum atomic E-state index is -1.66. The molecule has 4 bridgehead atoms. The number of nitrogens with one attached hydrogen (secondary N) is 2. The van der Waals surface area contributed by atoms with Crippen LogP contribution in [0.3, 0.4) is 0 Å². The van der Waals surface area contributed by atoms with Crippen LogP contribution in [0.15, 0.2) is 72.8 Å². The maximum absolute atomic E-state index is 15.0. The Balaban J connectivity index is 1.31. The second-order valence-electron chi connectivity index (χ2n) is 18.6. The predicted molar refractivity (Wildman–Crippen MR) is 230 cm³/mol. The number of halogens is 1. The lowest BCUT2D eigenvalue weighted by molar-refractivity contribution is -0.145. The molecule has 5 unspecified atom stereocenters. The van der Waals surface area contributed by atoms with Crippen LogP contribution in [0.2, 0.25) is 5.02 Å². The number of likely N-dealkylation sites (tertiary alicyclic amines) is 2. The highest BCUT2D eigenvalue weighted by Crippen LogP contribution is 2.61. The number of primary amides is 2. The van der Waals surface area contributed by atoms with Gasteiger partial charge in [0, 0.05) is 52.5 Å². The van der Waals surface area contributed by atoms with Crippen molar-refractivity contribution >= 4 is 53.1 Å². The van der Waals surface area contributed by atoms with Gasteiger partial charge in [-0.15, -0.1) is 0 Å². The van der Waals surface area contributed by atoms with Crippen LogP contribution < -0.4 is 27.0 Å². The van der Waals surface area contributed by atoms with Crippen LogP contribution >= 0.6 is 11.6 Å². The Kier molecular flexibility index (Phi) is 10.5. The fourth-order valence-corrected chi connectivity index (χ4v) is 13.4. The van der Waals surface area contributed by atoms with E-state index >= 15 is 0 Å². The van der Waals surface area contributed by atoms with Crippen molar-refractivity contribution in [2.24, 2.45) is 17.4 Å². The van der Waals surface area contributed by atoms with Gasteiger partial charge in [0.2, 0.25) is 11.8 Å². The first kappa shape index (κ1) is 43.2. The molecule has 3 fully saturated rings. The van der Waals surface area contributed by atoms with E-state index in [4.69, 9.17) is 23.1 Å². The summed E-state index contributed by atoms with van der Waals surface area (Å²) in [5.41, 5.74) is 8.62. The lowest BCUT2D eigenvalue weighted by Crippen LogP contribution is -2.74. The van der Waals surface area contributed by atoms with Gasteiger partial charge in [0.15, 0.2) is 0 Å². The van der Waals surface area contributed by atoms with E-state index in [1.165, 1.54) is 0 Å². The number of fused-ring (bicyclic) bond motifs is 6. The monoisotopic (exact) mass is 867 g/mol. The van der Waals surface area contributed by atoms with Gasteiger partial charge in [-0.1, -0.05) is 80.9 Å². The average molecular weight is 868 g/mol. The number of nitrogens with two attached hydrogens (primary N) is 2. The molecule has 0 spiro atoms. The van der Waals surface area contributed by atoms with Gasteiger partial charge < -0.3 is 26.6 Å². The lowest BCUT2D eigenvalue weighted by Gasteiger charge is -2.60. The van der Waals surface area contributed by atoms with Crippen molar-refractivity contribution in [1.29, 1.82) is 0 Å². The Labute approximate surface area is 365 Å². The zero-order valence-electron chi connectivity index (χ0n) is 35.3. The summed E-state index contributed by atoms with van der Waals surface area (Å²) in [6, 6.07) is 21.2. The van der Waals surface area contributed by atoms with Crippen LogP contribution in [-0.4, -0.2) is 92.6 Å². The highest BCUT2D eigenvalue weighted by Gasteiger charge is 2.70. The van der Waals surface area contributed by atoms with Gasteiger partial charge in [-0.2, -0.15) is 0 Å². The van der Waals surface area contributed by atoms with Gasteiger partial charge in [0.25, 0.3) is 11.8 Å². The standard InChI is InChI=1S/C46H54ClN7O8/c1-26-23-34(33-7-5-21-52(33)45(38(57)50-40(59)60)29-13-9-27(10-14-29)42(45,2)24-36(48)55)54(32-19-17-31(47)18-20-32)44(26,4)35-8-6-22-53(35)46(39(58)51-41(61)62)30-15-11-28(12-16-30)43(46,3)25-37(49)56/h9-20,26,33-35H,5-8,21-25H2,1-4H3,(H2,48,55)(H2,49,56)(H,50,57)(H,51,58)(H,59,60)(H,61,62)/t26?,33?,34-,35?,42?,43?,44-,45+,46+/m0/s1. The van der Waals surface area contributed by atoms with Gasteiger partial charge in [-0.25, -0.2) is 9.59 Å². The number of imide groups is 2. The van der Waals surface area contributed by atoms with E-state index in [9.17, 15) is 39.0 Å². The fourth-order valence-electron chi connectivity index (χ4n) is 13.3. The highest BCUT2D eigenvalue weighted by atomic mass is 35.5. The molecule has 0 radical (unpaired) electrons. The third-order valence-electron chi connectivity index (χ3n) is 15.7. The van der Waals surface area contributed by atoms with E-state index in [1.54, 1.807) is 0 Å². The van der Waals surface area contributed by atoms with Crippen molar-refractivity contribution in [3.05, 3.63) is 100 Å². The van der Waals surface area contributed by atoms with E-state index in [1.807, 2.05) is 86.6 Å². The van der Waals surface area contributed by atoms with Crippen LogP contribution in [-0.2, 0) is 41.1 Å². The summed E-state index contributed by atoms with van der Waals surface area (Å²) >= 11 is 6.53. The summed E-state index contributed by atoms with van der Waals surface area (Å²) in [4.78, 5) is 87.2. The molecule has 3 aromatic rings. The molecular formula is C46H54ClN7O8. The second-order valence-corrected chi connectivity index (χ2v) is 19.0. The molecule has 3 aromatic carbocycles. The largest absolute Gasteiger partial charge is 0.465 e. The molecule has 7 aliphatic rings. The normalized spacial score (nSPS) is 33.7. The molecule has 0 aromatic heterocycles. The van der Waals surface area contributed by atoms with E-state index in [0.717, 1.165) is 5.69 Å². The summed E-state index contributed by atoms with van der Waals surface area (Å²) in [5, 5.41) is 25.1. The fraction of sp³-hybridized carbons (Fsp3) is 0.478. The van der Waals surface area contributed by atoms with Crippen molar-refractivity contribution in [1.82, 2.24) is 20.4 Å². The lowest BCUT2D eigenvalue weighted by atomic mass is 9.56. The third kappa shape index (κ3) is 5.90. The topological polar surface area (TPSA) is 229 Å². The van der Waals surface area contributed by atoms with Gasteiger partial charge in [0.1, 0.15) is 11.1 Å². The molecular weight excluding hydrogens is 814 g/mol. The summed E-state index contributed by atoms with van der Waals surface area (Å²) in [6.07, 6.45) is -0.308. The number of rotatable bonds is 11. The third-order valence-corrected chi connectivity index (χ3v) is 16.0. The van der Waals surface area contributed by atoms with Crippen LogP contribution in [0.25, 0.3) is 0 Å². The number of amides is 6. The molecule has 0 saturated carbocycles. The molecule has 3 saturated heterocycles. The molecule has 9 atom stereocenters. The average Bonchev–Trinajstić information content (AvgIpc) is 3.94. The predicted octanol–water partition coefficient (Wildman–Crippen LogP) is 4.92. The molecule has 62 heavy (non-hydrogen) atoms. The second kappa shape index (κ2) is 15.1. The van der Waals surface area contributed by atoms with Gasteiger partial charge in [-0.05, 0) is 105 Å². The van der Waals surface area contributed by atoms with Crippen molar-refractivity contribution < 1.29 is 39.0 Å². The number of carbonyl (C=O) groups is 6. The Morgan fingerprint density at radius 2 is 1.10 bits per heavy atom. The van der Waals surface area contributed by atoms with Crippen molar-refractivity contribution in [3.63, 3.8) is 0 Å². The zero-order valence-corrected chi connectivity index (χ0v) is 36.1. The molecule has 6 amide bonds. The molecule has 16 heteroatoms. The molecule has 10 rings (SSSR count). The van der Waals surface area contributed by atoms with E-state index < -0.39 is 69.3 Å². The van der Waals surface area contributed by atoms with Crippen molar-refractivity contribution in [3.8, 4) is 0 Å². The van der Waals surface area contributed by atoms with Gasteiger partial charge in [0.05, 0.1) is 5.54 Å². The van der Waals surface area contributed by atoms with E-state index in [2.05, 4.69) is 39.2 Å². The molecule has 3 aliphatic heterocycles. The summed E-state index contributed by atoms with van der Waals surface area (Å²) in [5.74, 6) is -2.91. The van der Waals surface area contributed by atoms with Crippen LogP contribution in [0, 0.1) is 5.92 Å². The Morgan fingerprint density at radius 1 is 0.661 bits per heavy atom. The number of benzene rings is 3. The minimum absolute atomic E-state index is 0.104. The molecule has 328 valence electrons. The van der Waals surface area contributed by atoms with E-state index in [-0.39, 0.29) is 30.8 Å². The number of hydrogen-bond acceptors (Lipinski definition) is 9. The van der Waals surface area contributed by atoms with Crippen LogP contribution in [0.4, 0.5) is 15.3 Å². The first-order valence-electron chi connectivity index (χ1n) is 21.2. The van der Waals surface area contributed by atoms with Crippen LogP contribution in [0.5, 0.6) is 0 Å². The first-order valence-corrected chi connectivity index (χ1v) is 21.6. The SMILES string of the molecule is CC1C[C@@H](C2CCCN2[C@@]2(C(=O)NC(=O)O)c3ccc(cc3)C2(C)CC(N)=O)N(c2ccc(Cl)cc2)[C@]1(C)C1CCCN1[C@@]1(C(=O)NC(=O)O)c2ccc(cc2)C1(C)CC(N)=O. The Bertz CT molecular complexity index is 2350. The maximum atomic E-state index is 15.0. The molecule has 4 aliphatic carbocycles. The quantitative estimate of drug-likeness (QED) is 0.152. The van der Waals surface area contributed by atoms with Crippen molar-refractivity contribution in [2.45, 2.75) is 118 Å². The summed E-state index contributed by atoms with van der Waals surface area (Å²) < 4.78 is 0. The first-order chi connectivity index (χ1) is 29.3. The zero-order chi connectivity index (χ0) is 44.7. The smallest absolute Gasteiger partial charge is 0.411 e. The van der Waals surface area contributed by atoms with Crippen LogP contribution in [0.1, 0.15) is 94.9 Å². The summed E-state index contributed by atoms with van der Waals surface area (Å²) in [6.45, 7) is 8.79. The van der Waals surface area contributed by atoms with Crippen molar-refractivity contribution in [2.75, 3.05) is 18.0 Å². The highest BCUT2D eigenvalue weighted by molar-refractivity contribution is 6.30. The Hall–Kier alpha value is -5.51. The molecule has 3 heterocycles. The van der Waals surface area contributed by atoms with E-state index in [0.29, 0.717) is 72.5 Å². The van der Waals surface area contributed by atoms with Gasteiger partial charge >= 0.3 is 12.2 Å². The number of carbonyl (C=O) groups excluding carboxylic acids is 4. The minimum Gasteiger partial charge on any atom is -0.465 e. The number of hydrogen-bond donors (Lipinski definition) is 6.